The highest BCUT2D eigenvalue weighted by Crippen LogP contribution is 2.32. The van der Waals surface area contributed by atoms with Gasteiger partial charge >= 0.3 is 6.09 Å². The summed E-state index contributed by atoms with van der Waals surface area (Å²) in [7, 11) is 1.45. The van der Waals surface area contributed by atoms with Crippen LogP contribution in [-0.2, 0) is 16.0 Å². The predicted molar refractivity (Wildman–Crippen MR) is 182 cm³/mol. The van der Waals surface area contributed by atoms with E-state index in [2.05, 4.69) is 30.8 Å². The molecule has 5 aromatic rings. The first-order valence-electron chi connectivity index (χ1n) is 15.6. The van der Waals surface area contributed by atoms with E-state index >= 15 is 0 Å². The van der Waals surface area contributed by atoms with Crippen molar-refractivity contribution in [3.63, 3.8) is 0 Å². The maximum atomic E-state index is 14.1. The van der Waals surface area contributed by atoms with Gasteiger partial charge < -0.3 is 20.5 Å². The summed E-state index contributed by atoms with van der Waals surface area (Å²) in [4.78, 5) is 36.2. The predicted octanol–water partition coefficient (Wildman–Crippen LogP) is 5.18. The maximum absolute atomic E-state index is 14.1. The van der Waals surface area contributed by atoms with Crippen LogP contribution in [0.15, 0.2) is 102 Å². The molecule has 6 rings (SSSR count). The first kappa shape index (κ1) is 32.2. The van der Waals surface area contributed by atoms with Crippen molar-refractivity contribution >= 4 is 40.5 Å². The second kappa shape index (κ2) is 15.2. The molecule has 1 aliphatic heterocycles. The molecule has 0 bridgehead atoms. The fourth-order valence-electron chi connectivity index (χ4n) is 6.00. The average Bonchev–Trinajstić information content (AvgIpc) is 3.60. The van der Waals surface area contributed by atoms with Crippen molar-refractivity contribution in [3.8, 4) is 0 Å². The van der Waals surface area contributed by atoms with Crippen molar-refractivity contribution in [1.29, 1.82) is 0 Å². The number of para-hydroxylation sites is 1. The van der Waals surface area contributed by atoms with Gasteiger partial charge in [-0.05, 0) is 35.6 Å². The molecule has 11 nitrogen and oxygen atoms in total. The summed E-state index contributed by atoms with van der Waals surface area (Å²) in [5, 5.41) is 25.4. The molecule has 0 unspecified atom stereocenters. The molecule has 4 N–H and O–H groups in total. The molecule has 1 aliphatic rings. The molecule has 0 aliphatic carbocycles. The zero-order valence-electron chi connectivity index (χ0n) is 26.0. The molecule has 12 heteroatoms. The average molecular weight is 652 g/mol. The van der Waals surface area contributed by atoms with Gasteiger partial charge in [-0.2, -0.15) is 5.10 Å². The van der Waals surface area contributed by atoms with Gasteiger partial charge in [0.2, 0.25) is 5.91 Å². The number of nitrogens with zero attached hydrogens (tertiary/aromatic N) is 4. The van der Waals surface area contributed by atoms with Gasteiger partial charge in [0.1, 0.15) is 17.4 Å². The Bertz CT molecular complexity index is 1750. The molecule has 1 saturated heterocycles. The Hall–Kier alpha value is -4.78. The number of nitrogens with one attached hydrogen (secondary N) is 3. The molecular formula is C35H37N7O4S. The molecule has 2 amide bonds. The van der Waals surface area contributed by atoms with E-state index in [1.54, 1.807) is 18.0 Å². The number of H-pyrrole nitrogens is 1. The Labute approximate surface area is 277 Å². The minimum Gasteiger partial charge on any atom is -0.465 e. The monoisotopic (exact) mass is 651 g/mol. The lowest BCUT2D eigenvalue weighted by atomic mass is 9.84. The standard InChI is InChI=1S/C35H37N7O4S/c1-42(35(44)45)31(30(24-11-4-2-5-12-24)25-13-6-3-7-14-25)33(43)40-29-15-9-8-10-23(29)16-17-26-18-36-19-27(46-26)21-47-34-28-20-39-41-32(28)37-22-38-34/h2-15,20,22,26-27,30-31,36H,16-19,21H2,1H3,(H,40,43)(H,44,45)(H,37,38,39,41)/t26-,27+,31+/m1/s1. The number of aryl methyl sites for hydroxylation is 1. The van der Waals surface area contributed by atoms with Crippen molar-refractivity contribution in [3.05, 3.63) is 114 Å². The molecule has 0 saturated carbocycles. The number of ether oxygens (including phenoxy) is 1. The third-order valence-corrected chi connectivity index (χ3v) is 9.52. The summed E-state index contributed by atoms with van der Waals surface area (Å²) in [6.07, 6.45) is 3.50. The van der Waals surface area contributed by atoms with Crippen LogP contribution in [0.4, 0.5) is 10.5 Å². The fourth-order valence-corrected chi connectivity index (χ4v) is 6.97. The molecule has 47 heavy (non-hydrogen) atoms. The summed E-state index contributed by atoms with van der Waals surface area (Å²) >= 11 is 1.62. The lowest BCUT2D eigenvalue weighted by Gasteiger charge is -2.33. The molecule has 3 aromatic carbocycles. The first-order chi connectivity index (χ1) is 23.0. The zero-order chi connectivity index (χ0) is 32.6. The van der Waals surface area contributed by atoms with Crippen LogP contribution in [0.1, 0.15) is 29.0 Å². The number of carboxylic acid groups (broad SMARTS) is 1. The van der Waals surface area contributed by atoms with Crippen molar-refractivity contribution in [1.82, 2.24) is 30.4 Å². The summed E-state index contributed by atoms with van der Waals surface area (Å²) in [5.74, 6) is -0.186. The Balaban J connectivity index is 1.14. The van der Waals surface area contributed by atoms with E-state index in [1.165, 1.54) is 13.4 Å². The molecular weight excluding hydrogens is 614 g/mol. The van der Waals surface area contributed by atoms with Crippen LogP contribution in [0.5, 0.6) is 0 Å². The van der Waals surface area contributed by atoms with Gasteiger partial charge in [0.25, 0.3) is 0 Å². The Kier molecular flexibility index (Phi) is 10.4. The number of aromatic nitrogens is 4. The van der Waals surface area contributed by atoms with Gasteiger partial charge in [0.05, 0.1) is 23.8 Å². The van der Waals surface area contributed by atoms with E-state index < -0.39 is 24.0 Å². The van der Waals surface area contributed by atoms with E-state index in [-0.39, 0.29) is 12.2 Å². The molecule has 242 valence electrons. The van der Waals surface area contributed by atoms with E-state index in [4.69, 9.17) is 4.74 Å². The number of thioether (sulfide) groups is 1. The highest BCUT2D eigenvalue weighted by Gasteiger charge is 2.37. The highest BCUT2D eigenvalue weighted by atomic mass is 32.2. The second-order valence-electron chi connectivity index (χ2n) is 11.5. The number of fused-ring (bicyclic) bond motifs is 1. The Morgan fingerprint density at radius 2 is 1.66 bits per heavy atom. The molecule has 3 heterocycles. The molecule has 0 spiro atoms. The summed E-state index contributed by atoms with van der Waals surface area (Å²) in [6.45, 7) is 1.48. The number of likely N-dealkylation sites (N-methyl/N-ethyl adjacent to an activating group) is 1. The third kappa shape index (κ3) is 7.79. The van der Waals surface area contributed by atoms with Crippen LogP contribution in [0.2, 0.25) is 0 Å². The van der Waals surface area contributed by atoms with Gasteiger partial charge in [-0.1, -0.05) is 78.9 Å². The molecule has 2 aromatic heterocycles. The summed E-state index contributed by atoms with van der Waals surface area (Å²) in [5.41, 5.74) is 4.03. The van der Waals surface area contributed by atoms with Gasteiger partial charge in [0, 0.05) is 37.5 Å². The minimum atomic E-state index is -1.18. The van der Waals surface area contributed by atoms with E-state index in [0.29, 0.717) is 17.8 Å². The van der Waals surface area contributed by atoms with Gasteiger partial charge in [0.15, 0.2) is 5.65 Å². The number of anilines is 1. The number of morpholine rings is 1. The normalized spacial score (nSPS) is 17.0. The Morgan fingerprint density at radius 3 is 2.38 bits per heavy atom. The number of carbonyl (C=O) groups excluding carboxylic acids is 1. The summed E-state index contributed by atoms with van der Waals surface area (Å²) < 4.78 is 6.46. The molecule has 3 atom stereocenters. The Morgan fingerprint density at radius 1 is 0.979 bits per heavy atom. The second-order valence-corrected chi connectivity index (χ2v) is 12.5. The number of aromatic amines is 1. The largest absolute Gasteiger partial charge is 0.465 e. The molecule has 1 fully saturated rings. The SMILES string of the molecule is CN(C(=O)O)[C@H](C(=O)Nc1ccccc1CC[C@@H]1CNC[C@@H](CSc2ncnc3[nH]ncc23)O1)C(c1ccccc1)c1ccccc1. The quantitative estimate of drug-likeness (QED) is 0.106. The van der Waals surface area contributed by atoms with Crippen LogP contribution in [0, 0.1) is 0 Å². The van der Waals surface area contributed by atoms with Gasteiger partial charge in [-0.3, -0.25) is 14.8 Å². The zero-order valence-corrected chi connectivity index (χ0v) is 26.8. The first-order valence-corrected chi connectivity index (χ1v) is 16.5. The van der Waals surface area contributed by atoms with Crippen LogP contribution < -0.4 is 10.6 Å². The number of hydrogen-bond donors (Lipinski definition) is 4. The topological polar surface area (TPSA) is 145 Å². The number of amides is 2. The highest BCUT2D eigenvalue weighted by molar-refractivity contribution is 7.99. The van der Waals surface area contributed by atoms with Crippen LogP contribution in [0.25, 0.3) is 11.0 Å². The fraction of sp³-hybridized carbons (Fsp3) is 0.286. The maximum Gasteiger partial charge on any atom is 0.407 e. The van der Waals surface area contributed by atoms with E-state index in [9.17, 15) is 14.7 Å². The van der Waals surface area contributed by atoms with Crippen LogP contribution in [0.3, 0.4) is 0 Å². The lowest BCUT2D eigenvalue weighted by Crippen LogP contribution is -2.48. The van der Waals surface area contributed by atoms with Crippen molar-refractivity contribution in [2.45, 2.75) is 42.0 Å². The number of rotatable bonds is 12. The minimum absolute atomic E-state index is 0.00540. The van der Waals surface area contributed by atoms with Crippen LogP contribution in [-0.4, -0.2) is 86.3 Å². The van der Waals surface area contributed by atoms with E-state index in [0.717, 1.165) is 57.3 Å². The van der Waals surface area contributed by atoms with Crippen molar-refractivity contribution < 1.29 is 19.4 Å². The van der Waals surface area contributed by atoms with Gasteiger partial charge in [-0.25, -0.2) is 14.8 Å². The van der Waals surface area contributed by atoms with E-state index in [1.807, 2.05) is 84.9 Å². The number of carbonyl (C=O) groups is 2. The van der Waals surface area contributed by atoms with Crippen molar-refractivity contribution in [2.24, 2.45) is 0 Å². The van der Waals surface area contributed by atoms with Gasteiger partial charge in [-0.15, -0.1) is 11.8 Å². The smallest absolute Gasteiger partial charge is 0.407 e. The number of hydrogen-bond acceptors (Lipinski definition) is 8. The van der Waals surface area contributed by atoms with Crippen molar-refractivity contribution in [2.75, 3.05) is 31.2 Å². The molecule has 0 radical (unpaired) electrons. The third-order valence-electron chi connectivity index (χ3n) is 8.38. The summed E-state index contributed by atoms with van der Waals surface area (Å²) in [6, 6.07) is 25.8. The lowest BCUT2D eigenvalue weighted by molar-refractivity contribution is -0.120. The van der Waals surface area contributed by atoms with Crippen LogP contribution >= 0.6 is 11.8 Å². The number of benzene rings is 3.